The van der Waals surface area contributed by atoms with E-state index in [9.17, 15) is 18.0 Å². The van der Waals surface area contributed by atoms with Crippen LogP contribution in [0.15, 0.2) is 59.8 Å². The predicted octanol–water partition coefficient (Wildman–Crippen LogP) is 3.87. The van der Waals surface area contributed by atoms with Crippen LogP contribution in [0.5, 0.6) is 0 Å². The third-order valence-electron chi connectivity index (χ3n) is 8.23. The first kappa shape index (κ1) is 27.4. The highest BCUT2D eigenvalue weighted by atomic mass is 32.2. The Hall–Kier alpha value is -3.17. The second-order valence-electron chi connectivity index (χ2n) is 11.0. The molecule has 9 heteroatoms. The van der Waals surface area contributed by atoms with Gasteiger partial charge in [-0.2, -0.15) is 0 Å². The smallest absolute Gasteiger partial charge is 0.264 e. The van der Waals surface area contributed by atoms with Gasteiger partial charge in [-0.3, -0.25) is 18.8 Å². The third-order valence-corrected chi connectivity index (χ3v) is 10.0. The standard InChI is InChI=1S/C30H38N4O4S/c1-22-9-12-25(13-10-22)39(37,38)34-18-15-31-30(36)28(34)20-29(35)32(2)27-8-6-7-24-19-23(11-14-26(24)27)21-33-16-4-3-5-17-33/h9-15,18-19,27-28H,3-8,16-17,20-21H2,1-2H3,(H,31,36)/t27-,28-/m1/s1. The largest absolute Gasteiger partial charge is 0.339 e. The molecular formula is C30H38N4O4S. The van der Waals surface area contributed by atoms with E-state index in [-0.39, 0.29) is 23.3 Å². The molecular weight excluding hydrogens is 512 g/mol. The van der Waals surface area contributed by atoms with Crippen molar-refractivity contribution in [3.8, 4) is 0 Å². The minimum Gasteiger partial charge on any atom is -0.339 e. The maximum absolute atomic E-state index is 13.5. The minimum absolute atomic E-state index is 0.0832. The average molecular weight is 551 g/mol. The van der Waals surface area contributed by atoms with Crippen LogP contribution in [0.25, 0.3) is 0 Å². The number of carbonyl (C=O) groups excluding carboxylic acids is 2. The molecule has 0 radical (unpaired) electrons. The number of sulfonamides is 1. The van der Waals surface area contributed by atoms with Crippen molar-refractivity contribution in [2.75, 3.05) is 20.1 Å². The van der Waals surface area contributed by atoms with Crippen molar-refractivity contribution in [1.29, 1.82) is 0 Å². The highest BCUT2D eigenvalue weighted by Crippen LogP contribution is 2.35. The Balaban J connectivity index is 1.32. The van der Waals surface area contributed by atoms with Gasteiger partial charge in [-0.1, -0.05) is 42.3 Å². The van der Waals surface area contributed by atoms with Crippen molar-refractivity contribution in [2.45, 2.75) is 75.4 Å². The van der Waals surface area contributed by atoms with Gasteiger partial charge in [0.2, 0.25) is 11.8 Å². The number of carbonyl (C=O) groups is 2. The Morgan fingerprint density at radius 3 is 2.54 bits per heavy atom. The van der Waals surface area contributed by atoms with Gasteiger partial charge in [0, 0.05) is 26.0 Å². The summed E-state index contributed by atoms with van der Waals surface area (Å²) in [6.07, 6.45) is 9.03. The number of likely N-dealkylation sites (tertiary alicyclic amines) is 1. The molecule has 2 amide bonds. The first-order chi connectivity index (χ1) is 18.7. The van der Waals surface area contributed by atoms with Gasteiger partial charge in [-0.15, -0.1) is 0 Å². The van der Waals surface area contributed by atoms with Gasteiger partial charge in [0.15, 0.2) is 0 Å². The average Bonchev–Trinajstić information content (AvgIpc) is 2.94. The highest BCUT2D eigenvalue weighted by molar-refractivity contribution is 7.89. The van der Waals surface area contributed by atoms with Crippen LogP contribution in [0.1, 0.15) is 66.8 Å². The zero-order chi connectivity index (χ0) is 27.6. The van der Waals surface area contributed by atoms with Crippen molar-refractivity contribution in [1.82, 2.24) is 19.4 Å². The van der Waals surface area contributed by atoms with E-state index < -0.39 is 22.0 Å². The van der Waals surface area contributed by atoms with E-state index in [0.717, 1.165) is 54.3 Å². The lowest BCUT2D eigenvalue weighted by molar-refractivity contribution is -0.136. The SMILES string of the molecule is Cc1ccc(S(=O)(=O)N2C=CNC(=O)[C@H]2CC(=O)N(C)[C@@H]2CCCc3cc(CN4CCCCC4)ccc32)cc1. The van der Waals surface area contributed by atoms with Gasteiger partial charge in [-0.25, -0.2) is 8.42 Å². The molecule has 5 rings (SSSR count). The molecule has 1 fully saturated rings. The van der Waals surface area contributed by atoms with E-state index in [1.54, 1.807) is 24.1 Å². The topological polar surface area (TPSA) is 90.0 Å². The molecule has 0 unspecified atom stereocenters. The molecule has 1 aliphatic carbocycles. The van der Waals surface area contributed by atoms with Gasteiger partial charge < -0.3 is 10.2 Å². The summed E-state index contributed by atoms with van der Waals surface area (Å²) in [5.41, 5.74) is 4.67. The Kier molecular flexibility index (Phi) is 8.09. The zero-order valence-electron chi connectivity index (χ0n) is 22.8. The minimum atomic E-state index is -4.01. The summed E-state index contributed by atoms with van der Waals surface area (Å²) in [4.78, 5) is 30.7. The van der Waals surface area contributed by atoms with Crippen molar-refractivity contribution in [3.63, 3.8) is 0 Å². The number of fused-ring (bicyclic) bond motifs is 1. The first-order valence-corrected chi connectivity index (χ1v) is 15.3. The number of benzene rings is 2. The van der Waals surface area contributed by atoms with Crippen LogP contribution in [0, 0.1) is 6.92 Å². The Morgan fingerprint density at radius 2 is 1.79 bits per heavy atom. The van der Waals surface area contributed by atoms with Crippen LogP contribution in [-0.4, -0.2) is 60.5 Å². The summed E-state index contributed by atoms with van der Waals surface area (Å²) in [6.45, 7) is 5.14. The van der Waals surface area contributed by atoms with Gasteiger partial charge in [-0.05, 0) is 80.9 Å². The summed E-state index contributed by atoms with van der Waals surface area (Å²) >= 11 is 0. The summed E-state index contributed by atoms with van der Waals surface area (Å²) in [6, 6.07) is 11.8. The quantitative estimate of drug-likeness (QED) is 0.565. The molecule has 0 spiro atoms. The van der Waals surface area contributed by atoms with Crippen molar-refractivity contribution in [3.05, 3.63) is 77.1 Å². The molecule has 208 valence electrons. The number of amides is 2. The molecule has 2 heterocycles. The van der Waals surface area contributed by atoms with Crippen molar-refractivity contribution >= 4 is 21.8 Å². The van der Waals surface area contributed by atoms with E-state index in [1.165, 1.54) is 54.9 Å². The van der Waals surface area contributed by atoms with Gasteiger partial charge in [0.05, 0.1) is 17.4 Å². The molecule has 0 saturated carbocycles. The molecule has 3 aliphatic rings. The molecule has 2 aromatic carbocycles. The number of nitrogens with zero attached hydrogens (tertiary/aromatic N) is 3. The van der Waals surface area contributed by atoms with Gasteiger partial charge >= 0.3 is 0 Å². The molecule has 2 aliphatic heterocycles. The molecule has 2 aromatic rings. The van der Waals surface area contributed by atoms with Crippen molar-refractivity contribution < 1.29 is 18.0 Å². The lowest BCUT2D eigenvalue weighted by Gasteiger charge is -2.36. The van der Waals surface area contributed by atoms with Crippen LogP contribution >= 0.6 is 0 Å². The summed E-state index contributed by atoms with van der Waals surface area (Å²) < 4.78 is 27.8. The summed E-state index contributed by atoms with van der Waals surface area (Å²) in [5, 5.41) is 2.57. The number of aryl methyl sites for hydroxylation is 2. The van der Waals surface area contributed by atoms with E-state index >= 15 is 0 Å². The Labute approximate surface area is 231 Å². The molecule has 1 saturated heterocycles. The molecule has 8 nitrogen and oxygen atoms in total. The summed E-state index contributed by atoms with van der Waals surface area (Å²) in [5.74, 6) is -0.772. The molecule has 0 aromatic heterocycles. The highest BCUT2D eigenvalue weighted by Gasteiger charge is 2.38. The number of piperidine rings is 1. The lowest BCUT2D eigenvalue weighted by Crippen LogP contribution is -2.51. The van der Waals surface area contributed by atoms with Gasteiger partial charge in [0.25, 0.3) is 10.0 Å². The monoisotopic (exact) mass is 550 g/mol. The Morgan fingerprint density at radius 1 is 1.05 bits per heavy atom. The van der Waals surface area contributed by atoms with Crippen LogP contribution in [-0.2, 0) is 32.6 Å². The number of hydrogen-bond donors (Lipinski definition) is 1. The molecule has 2 atom stereocenters. The Bertz CT molecular complexity index is 1350. The van der Waals surface area contributed by atoms with Crippen LogP contribution < -0.4 is 5.32 Å². The molecule has 1 N–H and O–H groups in total. The van der Waals surface area contributed by atoms with Crippen LogP contribution in [0.2, 0.25) is 0 Å². The first-order valence-electron chi connectivity index (χ1n) is 13.9. The number of rotatable bonds is 7. The van der Waals surface area contributed by atoms with Gasteiger partial charge in [0.1, 0.15) is 6.04 Å². The molecule has 39 heavy (non-hydrogen) atoms. The second-order valence-corrected chi connectivity index (χ2v) is 12.8. The lowest BCUT2D eigenvalue weighted by atomic mass is 9.85. The van der Waals surface area contributed by atoms with Crippen molar-refractivity contribution in [2.24, 2.45) is 0 Å². The maximum Gasteiger partial charge on any atom is 0.264 e. The molecule has 0 bridgehead atoms. The van der Waals surface area contributed by atoms with E-state index in [0.29, 0.717) is 0 Å². The van der Waals surface area contributed by atoms with E-state index in [1.807, 2.05) is 6.92 Å². The maximum atomic E-state index is 13.5. The fourth-order valence-corrected chi connectivity index (χ4v) is 7.42. The fourth-order valence-electron chi connectivity index (χ4n) is 5.97. The third kappa shape index (κ3) is 5.89. The fraction of sp³-hybridized carbons (Fsp3) is 0.467. The van der Waals surface area contributed by atoms with Crippen LogP contribution in [0.3, 0.4) is 0 Å². The normalized spacial score (nSPS) is 21.8. The van der Waals surface area contributed by atoms with E-state index in [2.05, 4.69) is 28.4 Å². The number of hydrogen-bond acceptors (Lipinski definition) is 5. The summed E-state index contributed by atoms with van der Waals surface area (Å²) in [7, 11) is -2.25. The predicted molar refractivity (Wildman–Crippen MR) is 150 cm³/mol. The second kappa shape index (κ2) is 11.5. The zero-order valence-corrected chi connectivity index (χ0v) is 23.6. The van der Waals surface area contributed by atoms with Crippen LogP contribution in [0.4, 0.5) is 0 Å². The number of nitrogens with one attached hydrogen (secondary N) is 1. The van der Waals surface area contributed by atoms with E-state index in [4.69, 9.17) is 0 Å².